The van der Waals surface area contributed by atoms with Crippen LogP contribution in [0.4, 0.5) is 8.78 Å². The third-order valence-electron chi connectivity index (χ3n) is 5.91. The van der Waals surface area contributed by atoms with Crippen LogP contribution in [-0.2, 0) is 27.4 Å². The van der Waals surface area contributed by atoms with E-state index in [1.54, 1.807) is 20.8 Å². The van der Waals surface area contributed by atoms with Gasteiger partial charge in [-0.3, -0.25) is 14.4 Å². The predicted molar refractivity (Wildman–Crippen MR) is 117 cm³/mol. The Hall–Kier alpha value is -3.34. The van der Waals surface area contributed by atoms with Crippen molar-refractivity contribution in [1.82, 2.24) is 25.3 Å². The lowest BCUT2D eigenvalue weighted by Crippen LogP contribution is -2.59. The maximum absolute atomic E-state index is 14.5. The summed E-state index contributed by atoms with van der Waals surface area (Å²) in [4.78, 5) is 39.8. The lowest BCUT2D eigenvalue weighted by molar-refractivity contribution is -0.141. The molecule has 182 valence electrons. The number of halogens is 2. The SMILES string of the molecule is CC(C)(C)C(NC(=O)c1nn(-c2cc(F)ccc2F)c2c1COCC2)C(=O)N1CCNC(=O)C1. The van der Waals surface area contributed by atoms with Crippen molar-refractivity contribution < 1.29 is 27.9 Å². The zero-order valence-electron chi connectivity index (χ0n) is 19.3. The van der Waals surface area contributed by atoms with E-state index in [0.29, 0.717) is 37.4 Å². The highest BCUT2D eigenvalue weighted by Crippen LogP contribution is 2.27. The van der Waals surface area contributed by atoms with Crippen molar-refractivity contribution in [3.63, 3.8) is 0 Å². The van der Waals surface area contributed by atoms with Gasteiger partial charge in [-0.05, 0) is 17.5 Å². The summed E-state index contributed by atoms with van der Waals surface area (Å²) in [6, 6.07) is 2.08. The van der Waals surface area contributed by atoms with E-state index in [1.165, 1.54) is 9.58 Å². The van der Waals surface area contributed by atoms with Crippen molar-refractivity contribution in [2.24, 2.45) is 5.41 Å². The third kappa shape index (κ3) is 4.65. The van der Waals surface area contributed by atoms with Crippen LogP contribution < -0.4 is 10.6 Å². The molecule has 2 aromatic rings. The summed E-state index contributed by atoms with van der Waals surface area (Å²) in [6.07, 6.45) is 0.357. The Labute approximate surface area is 195 Å². The van der Waals surface area contributed by atoms with E-state index >= 15 is 0 Å². The second kappa shape index (κ2) is 9.13. The fourth-order valence-electron chi connectivity index (χ4n) is 4.12. The van der Waals surface area contributed by atoms with Crippen molar-refractivity contribution in [2.75, 3.05) is 26.2 Å². The molecule has 3 heterocycles. The molecular weight excluding hydrogens is 448 g/mol. The molecule has 2 N–H and O–H groups in total. The monoisotopic (exact) mass is 475 g/mol. The van der Waals surface area contributed by atoms with E-state index in [2.05, 4.69) is 15.7 Å². The number of fused-ring (bicyclic) bond motifs is 1. The van der Waals surface area contributed by atoms with Crippen LogP contribution in [0.5, 0.6) is 0 Å². The number of nitrogens with one attached hydrogen (secondary N) is 2. The third-order valence-corrected chi connectivity index (χ3v) is 5.91. The number of aromatic nitrogens is 2. The van der Waals surface area contributed by atoms with Crippen LogP contribution in [0.15, 0.2) is 18.2 Å². The summed E-state index contributed by atoms with van der Waals surface area (Å²) < 4.78 is 35.1. The smallest absolute Gasteiger partial charge is 0.272 e. The molecule has 0 aliphatic carbocycles. The number of amides is 3. The minimum absolute atomic E-state index is 0.0169. The largest absolute Gasteiger partial charge is 0.376 e. The quantitative estimate of drug-likeness (QED) is 0.694. The highest BCUT2D eigenvalue weighted by atomic mass is 19.1. The second-order valence-corrected chi connectivity index (χ2v) is 9.47. The van der Waals surface area contributed by atoms with E-state index in [0.717, 1.165) is 18.2 Å². The molecule has 1 fully saturated rings. The minimum Gasteiger partial charge on any atom is -0.376 e. The van der Waals surface area contributed by atoms with Crippen LogP contribution in [0.25, 0.3) is 5.69 Å². The van der Waals surface area contributed by atoms with Gasteiger partial charge in [0.25, 0.3) is 5.91 Å². The van der Waals surface area contributed by atoms with Crippen LogP contribution in [0, 0.1) is 17.0 Å². The van der Waals surface area contributed by atoms with Gasteiger partial charge in [-0.2, -0.15) is 5.10 Å². The molecule has 1 atom stereocenters. The number of piperazine rings is 1. The average molecular weight is 475 g/mol. The summed E-state index contributed by atoms with van der Waals surface area (Å²) in [5.74, 6) is -2.59. The topological polar surface area (TPSA) is 106 Å². The lowest BCUT2D eigenvalue weighted by Gasteiger charge is -2.36. The normalized spacial score (nSPS) is 17.1. The van der Waals surface area contributed by atoms with Crippen molar-refractivity contribution >= 4 is 17.7 Å². The molecular formula is C23H27F2N5O4. The number of carbonyl (C=O) groups excluding carboxylic acids is 3. The maximum Gasteiger partial charge on any atom is 0.272 e. The lowest BCUT2D eigenvalue weighted by atomic mass is 9.85. The number of carbonyl (C=O) groups is 3. The molecule has 3 amide bonds. The molecule has 0 bridgehead atoms. The van der Waals surface area contributed by atoms with Crippen molar-refractivity contribution in [1.29, 1.82) is 0 Å². The zero-order valence-corrected chi connectivity index (χ0v) is 19.3. The van der Waals surface area contributed by atoms with Crippen molar-refractivity contribution in [3.8, 4) is 5.69 Å². The molecule has 4 rings (SSSR count). The minimum atomic E-state index is -0.942. The van der Waals surface area contributed by atoms with E-state index in [4.69, 9.17) is 4.74 Å². The summed E-state index contributed by atoms with van der Waals surface area (Å²) in [6.45, 7) is 6.43. The molecule has 1 aromatic heterocycles. The molecule has 0 saturated carbocycles. The number of hydrogen-bond donors (Lipinski definition) is 2. The van der Waals surface area contributed by atoms with Crippen LogP contribution in [-0.4, -0.2) is 64.7 Å². The van der Waals surface area contributed by atoms with E-state index in [1.807, 2.05) is 0 Å². The number of benzene rings is 1. The standard InChI is InChI=1S/C23H27F2N5O4/c1-23(2,3)20(22(33)29-8-7-26-18(31)11-29)27-21(32)19-14-12-34-9-6-16(14)30(28-19)17-10-13(24)4-5-15(17)25/h4-5,10,20H,6-9,11-12H2,1-3H3,(H,26,31)(H,27,32). The van der Waals surface area contributed by atoms with E-state index in [9.17, 15) is 23.2 Å². The molecule has 9 nitrogen and oxygen atoms in total. The first-order chi connectivity index (χ1) is 16.1. The Morgan fingerprint density at radius 1 is 1.26 bits per heavy atom. The van der Waals surface area contributed by atoms with Crippen LogP contribution >= 0.6 is 0 Å². The van der Waals surface area contributed by atoms with Crippen molar-refractivity contribution in [2.45, 2.75) is 39.8 Å². The second-order valence-electron chi connectivity index (χ2n) is 9.47. The van der Waals surface area contributed by atoms with Gasteiger partial charge in [0, 0.05) is 31.1 Å². The van der Waals surface area contributed by atoms with Gasteiger partial charge in [-0.15, -0.1) is 0 Å². The molecule has 1 saturated heterocycles. The first-order valence-corrected chi connectivity index (χ1v) is 11.1. The van der Waals surface area contributed by atoms with Crippen LogP contribution in [0.2, 0.25) is 0 Å². The number of rotatable bonds is 4. The first kappa shape index (κ1) is 23.8. The Morgan fingerprint density at radius 2 is 2.03 bits per heavy atom. The van der Waals surface area contributed by atoms with Crippen molar-refractivity contribution in [3.05, 3.63) is 46.8 Å². The average Bonchev–Trinajstić information content (AvgIpc) is 3.17. The van der Waals surface area contributed by atoms with Gasteiger partial charge in [0.2, 0.25) is 11.8 Å². The Kier molecular flexibility index (Phi) is 6.39. The molecule has 0 radical (unpaired) electrons. The molecule has 2 aliphatic heterocycles. The van der Waals surface area contributed by atoms with E-state index < -0.39 is 29.0 Å². The summed E-state index contributed by atoms with van der Waals surface area (Å²) in [7, 11) is 0. The first-order valence-electron chi connectivity index (χ1n) is 11.1. The maximum atomic E-state index is 14.5. The summed E-state index contributed by atoms with van der Waals surface area (Å²) in [5.41, 5.74) is 0.211. The molecule has 34 heavy (non-hydrogen) atoms. The summed E-state index contributed by atoms with van der Waals surface area (Å²) >= 11 is 0. The fraction of sp³-hybridized carbons (Fsp3) is 0.478. The molecule has 1 aromatic carbocycles. The Bertz CT molecular complexity index is 1140. The number of ether oxygens (including phenoxy) is 1. The Balaban J connectivity index is 1.67. The Morgan fingerprint density at radius 3 is 2.74 bits per heavy atom. The number of hydrogen-bond acceptors (Lipinski definition) is 5. The predicted octanol–water partition coefficient (Wildman–Crippen LogP) is 1.33. The van der Waals surface area contributed by atoms with E-state index in [-0.39, 0.29) is 36.3 Å². The highest BCUT2D eigenvalue weighted by molar-refractivity contribution is 5.98. The van der Waals surface area contributed by atoms with Crippen LogP contribution in [0.1, 0.15) is 42.5 Å². The molecule has 2 aliphatic rings. The molecule has 11 heteroatoms. The van der Waals surface area contributed by atoms with Gasteiger partial charge < -0.3 is 20.3 Å². The highest BCUT2D eigenvalue weighted by Gasteiger charge is 2.38. The van der Waals surface area contributed by atoms with Gasteiger partial charge in [-0.1, -0.05) is 20.8 Å². The summed E-state index contributed by atoms with van der Waals surface area (Å²) in [5, 5.41) is 9.74. The van der Waals surface area contributed by atoms with Gasteiger partial charge in [0.1, 0.15) is 23.4 Å². The van der Waals surface area contributed by atoms with Crippen LogP contribution in [0.3, 0.4) is 0 Å². The fourth-order valence-corrected chi connectivity index (χ4v) is 4.12. The van der Waals surface area contributed by atoms with Gasteiger partial charge in [0.05, 0.1) is 25.5 Å². The van der Waals surface area contributed by atoms with Gasteiger partial charge in [0.15, 0.2) is 5.69 Å². The molecule has 0 spiro atoms. The van der Waals surface area contributed by atoms with Gasteiger partial charge >= 0.3 is 0 Å². The number of nitrogens with zero attached hydrogens (tertiary/aromatic N) is 3. The molecule has 1 unspecified atom stereocenters. The van der Waals surface area contributed by atoms with Gasteiger partial charge in [-0.25, -0.2) is 13.5 Å². The zero-order chi connectivity index (χ0) is 24.6.